The summed E-state index contributed by atoms with van der Waals surface area (Å²) in [7, 11) is 0. The average Bonchev–Trinajstić information content (AvgIpc) is 3.30. The maximum atomic E-state index is 5.36. The average molecular weight is 320 g/mol. The molecule has 0 aromatic carbocycles. The number of hydrogen-bond acceptors (Lipinski definition) is 6. The molecule has 0 aliphatic rings. The van der Waals surface area contributed by atoms with Crippen LogP contribution in [0.15, 0.2) is 70.9 Å². The Labute approximate surface area is 136 Å². The molecule has 0 aliphatic heterocycles. The first-order valence-electron chi connectivity index (χ1n) is 7.02. The van der Waals surface area contributed by atoms with E-state index in [0.29, 0.717) is 0 Å². The van der Waals surface area contributed by atoms with Gasteiger partial charge in [-0.1, -0.05) is 6.07 Å². The summed E-state index contributed by atoms with van der Waals surface area (Å²) in [4.78, 5) is 13.2. The molecule has 0 atom stereocenters. The van der Waals surface area contributed by atoms with E-state index in [1.54, 1.807) is 30.0 Å². The Morgan fingerprint density at radius 3 is 2.70 bits per heavy atom. The fourth-order valence-corrected chi connectivity index (χ4v) is 2.77. The molecule has 0 amide bonds. The zero-order valence-corrected chi connectivity index (χ0v) is 12.8. The highest BCUT2D eigenvalue weighted by Gasteiger charge is 2.05. The van der Waals surface area contributed by atoms with Crippen LogP contribution in [0.2, 0.25) is 0 Å². The second-order valence-electron chi connectivity index (χ2n) is 4.78. The summed E-state index contributed by atoms with van der Waals surface area (Å²) in [6.07, 6.45) is 5.19. The number of aromatic nitrogens is 3. The maximum absolute atomic E-state index is 5.36. The molecular formula is C17H12N4OS. The second-order valence-corrected chi connectivity index (χ2v) is 5.67. The zero-order chi connectivity index (χ0) is 15.5. The molecule has 4 heterocycles. The van der Waals surface area contributed by atoms with E-state index >= 15 is 0 Å². The molecule has 0 spiro atoms. The summed E-state index contributed by atoms with van der Waals surface area (Å²) in [5, 5.41) is 6.04. The largest absolute Gasteiger partial charge is 0.464 e. The van der Waals surface area contributed by atoms with Crippen molar-refractivity contribution in [1.29, 1.82) is 0 Å². The lowest BCUT2D eigenvalue weighted by Crippen LogP contribution is -1.96. The van der Waals surface area contributed by atoms with E-state index in [4.69, 9.17) is 4.42 Å². The van der Waals surface area contributed by atoms with Crippen molar-refractivity contribution in [3.05, 3.63) is 66.5 Å². The molecule has 0 radical (unpaired) electrons. The fourth-order valence-electron chi connectivity index (χ4n) is 2.16. The molecule has 0 saturated heterocycles. The van der Waals surface area contributed by atoms with Crippen LogP contribution in [-0.2, 0) is 0 Å². The van der Waals surface area contributed by atoms with Crippen LogP contribution in [0.4, 0.5) is 11.6 Å². The standard InChI is InChI=1S/C17H12N4OS/c1-3-13(17-18-8-10-23-17)20-16(5-1)21-15-7-6-12(11-19-15)14-4-2-9-22-14/h1-11H,(H,19,20,21). The van der Waals surface area contributed by atoms with Crippen LogP contribution in [0.1, 0.15) is 0 Å². The number of hydrogen-bond donors (Lipinski definition) is 1. The van der Waals surface area contributed by atoms with E-state index < -0.39 is 0 Å². The van der Waals surface area contributed by atoms with E-state index in [2.05, 4.69) is 20.3 Å². The van der Waals surface area contributed by atoms with Crippen molar-refractivity contribution < 1.29 is 4.42 Å². The molecular weight excluding hydrogens is 308 g/mol. The van der Waals surface area contributed by atoms with Crippen LogP contribution in [-0.4, -0.2) is 15.0 Å². The maximum Gasteiger partial charge on any atom is 0.141 e. The highest BCUT2D eigenvalue weighted by atomic mass is 32.1. The monoisotopic (exact) mass is 320 g/mol. The van der Waals surface area contributed by atoms with Gasteiger partial charge >= 0.3 is 0 Å². The fraction of sp³-hybridized carbons (Fsp3) is 0. The van der Waals surface area contributed by atoms with Gasteiger partial charge in [0.1, 0.15) is 28.1 Å². The Bertz CT molecular complexity index is 887. The van der Waals surface area contributed by atoms with Gasteiger partial charge in [0.25, 0.3) is 0 Å². The summed E-state index contributed by atoms with van der Waals surface area (Å²) in [5.41, 5.74) is 1.78. The van der Waals surface area contributed by atoms with Crippen LogP contribution in [0.3, 0.4) is 0 Å². The van der Waals surface area contributed by atoms with E-state index in [1.165, 1.54) is 0 Å². The summed E-state index contributed by atoms with van der Waals surface area (Å²) < 4.78 is 5.36. The van der Waals surface area contributed by atoms with Gasteiger partial charge in [-0.05, 0) is 36.4 Å². The summed E-state index contributed by atoms with van der Waals surface area (Å²) in [6, 6.07) is 13.4. The van der Waals surface area contributed by atoms with Gasteiger partial charge in [-0.2, -0.15) is 0 Å². The Balaban J connectivity index is 1.55. The topological polar surface area (TPSA) is 63.8 Å². The molecule has 0 unspecified atom stereocenters. The van der Waals surface area contributed by atoms with E-state index in [-0.39, 0.29) is 0 Å². The second kappa shape index (κ2) is 6.02. The van der Waals surface area contributed by atoms with Gasteiger partial charge in [0.2, 0.25) is 0 Å². The van der Waals surface area contributed by atoms with Crippen LogP contribution < -0.4 is 5.32 Å². The van der Waals surface area contributed by atoms with Crippen LogP contribution >= 0.6 is 11.3 Å². The van der Waals surface area contributed by atoms with Gasteiger partial charge in [0.15, 0.2) is 0 Å². The van der Waals surface area contributed by atoms with E-state index in [1.807, 2.05) is 47.8 Å². The number of rotatable bonds is 4. The molecule has 0 aliphatic carbocycles. The smallest absolute Gasteiger partial charge is 0.141 e. The number of anilines is 2. The van der Waals surface area contributed by atoms with Crippen LogP contribution in [0, 0.1) is 0 Å². The molecule has 112 valence electrons. The van der Waals surface area contributed by atoms with Crippen molar-refractivity contribution in [2.24, 2.45) is 0 Å². The minimum Gasteiger partial charge on any atom is -0.464 e. The van der Waals surface area contributed by atoms with Crippen molar-refractivity contribution in [3.63, 3.8) is 0 Å². The summed E-state index contributed by atoms with van der Waals surface area (Å²) in [6.45, 7) is 0. The molecule has 23 heavy (non-hydrogen) atoms. The van der Waals surface area contributed by atoms with Crippen molar-refractivity contribution in [2.75, 3.05) is 5.32 Å². The molecule has 0 saturated carbocycles. The van der Waals surface area contributed by atoms with E-state index in [9.17, 15) is 0 Å². The van der Waals surface area contributed by atoms with Crippen molar-refractivity contribution in [1.82, 2.24) is 15.0 Å². The highest BCUT2D eigenvalue weighted by Crippen LogP contribution is 2.23. The molecule has 0 bridgehead atoms. The Morgan fingerprint density at radius 2 is 1.96 bits per heavy atom. The van der Waals surface area contributed by atoms with Gasteiger partial charge in [0, 0.05) is 23.3 Å². The molecule has 5 nitrogen and oxygen atoms in total. The molecule has 6 heteroatoms. The lowest BCUT2D eigenvalue weighted by molar-refractivity contribution is 0.582. The normalized spacial score (nSPS) is 10.6. The minimum absolute atomic E-state index is 0.726. The van der Waals surface area contributed by atoms with Gasteiger partial charge in [-0.25, -0.2) is 15.0 Å². The first-order valence-corrected chi connectivity index (χ1v) is 7.90. The predicted molar refractivity (Wildman–Crippen MR) is 90.6 cm³/mol. The molecule has 0 fully saturated rings. The third kappa shape index (κ3) is 2.97. The number of thiazole rings is 1. The first-order chi connectivity index (χ1) is 11.4. The van der Waals surface area contributed by atoms with Gasteiger partial charge < -0.3 is 9.73 Å². The SMILES string of the molecule is c1cc(Nc2ccc(-c3ccco3)cn2)nc(-c2nccs2)c1. The minimum atomic E-state index is 0.726. The van der Waals surface area contributed by atoms with E-state index in [0.717, 1.165) is 33.7 Å². The molecule has 4 rings (SSSR count). The van der Waals surface area contributed by atoms with Gasteiger partial charge in [-0.15, -0.1) is 11.3 Å². The first kappa shape index (κ1) is 13.7. The quantitative estimate of drug-likeness (QED) is 0.595. The third-order valence-electron chi connectivity index (χ3n) is 3.23. The van der Waals surface area contributed by atoms with Crippen molar-refractivity contribution >= 4 is 23.0 Å². The summed E-state index contributed by atoms with van der Waals surface area (Å²) in [5.74, 6) is 2.26. The molecule has 1 N–H and O–H groups in total. The van der Waals surface area contributed by atoms with Crippen LogP contribution in [0.5, 0.6) is 0 Å². The third-order valence-corrected chi connectivity index (χ3v) is 4.02. The van der Waals surface area contributed by atoms with Crippen molar-refractivity contribution in [3.8, 4) is 22.0 Å². The zero-order valence-electron chi connectivity index (χ0n) is 12.0. The number of nitrogens with one attached hydrogen (secondary N) is 1. The number of furan rings is 1. The molecule has 4 aromatic heterocycles. The predicted octanol–water partition coefficient (Wildman–Crippen LogP) is 4.60. The summed E-state index contributed by atoms with van der Waals surface area (Å²) >= 11 is 1.56. The molecule has 4 aromatic rings. The number of nitrogens with zero attached hydrogens (tertiary/aromatic N) is 3. The van der Waals surface area contributed by atoms with Gasteiger partial charge in [0.05, 0.1) is 6.26 Å². The van der Waals surface area contributed by atoms with Gasteiger partial charge in [-0.3, -0.25) is 0 Å². The highest BCUT2D eigenvalue weighted by molar-refractivity contribution is 7.13. The lowest BCUT2D eigenvalue weighted by Gasteiger charge is -2.06. The lowest BCUT2D eigenvalue weighted by atomic mass is 10.2. The van der Waals surface area contributed by atoms with Crippen LogP contribution in [0.25, 0.3) is 22.0 Å². The Kier molecular flexibility index (Phi) is 3.57. The van der Waals surface area contributed by atoms with Crippen molar-refractivity contribution in [2.45, 2.75) is 0 Å². The Morgan fingerprint density at radius 1 is 0.957 bits per heavy atom. The number of pyridine rings is 2. The Hall–Kier alpha value is -2.99.